The summed E-state index contributed by atoms with van der Waals surface area (Å²) in [6.45, 7) is 8.96. The van der Waals surface area contributed by atoms with E-state index in [1.165, 1.54) is 33.4 Å². The Hall–Kier alpha value is -3.12. The van der Waals surface area contributed by atoms with Crippen molar-refractivity contribution in [3.63, 3.8) is 0 Å². The molecule has 0 radical (unpaired) electrons. The second-order valence-corrected chi connectivity index (χ2v) is 7.66. The van der Waals surface area contributed by atoms with Gasteiger partial charge in [0.1, 0.15) is 0 Å². The molecule has 0 nitrogen and oxygen atoms in total. The van der Waals surface area contributed by atoms with Gasteiger partial charge in [0, 0.05) is 0 Å². The smallest absolute Gasteiger partial charge is 0.0698 e. The number of hydrogen-bond acceptors (Lipinski definition) is 0. The topological polar surface area (TPSA) is 0 Å². The molecule has 1 aliphatic carbocycles. The molecule has 0 spiro atoms. The van der Waals surface area contributed by atoms with Gasteiger partial charge in [-0.1, -0.05) is 115 Å². The molecule has 0 heterocycles. The van der Waals surface area contributed by atoms with Gasteiger partial charge < -0.3 is 0 Å². The molecule has 0 atom stereocenters. The van der Waals surface area contributed by atoms with Crippen molar-refractivity contribution in [2.45, 2.75) is 25.7 Å². The maximum Gasteiger partial charge on any atom is 0.0698 e. The minimum atomic E-state index is -0.419. The van der Waals surface area contributed by atoms with E-state index in [4.69, 9.17) is 0 Å². The predicted molar refractivity (Wildman–Crippen MR) is 120 cm³/mol. The fourth-order valence-electron chi connectivity index (χ4n) is 4.42. The summed E-state index contributed by atoms with van der Waals surface area (Å²) in [6, 6.07) is 28.5. The molecule has 0 N–H and O–H groups in total. The molecule has 3 aromatic carbocycles. The monoisotopic (exact) mass is 362 g/mol. The lowest BCUT2D eigenvalue weighted by molar-refractivity contribution is 0.735. The summed E-state index contributed by atoms with van der Waals surface area (Å²) in [5.41, 5.74) is 8.35. The van der Waals surface area contributed by atoms with Crippen molar-refractivity contribution in [3.8, 4) is 0 Å². The molecule has 4 rings (SSSR count). The molecule has 0 amide bonds. The van der Waals surface area contributed by atoms with E-state index >= 15 is 0 Å². The lowest BCUT2D eigenvalue weighted by Crippen LogP contribution is -2.32. The molecule has 3 aromatic rings. The Morgan fingerprint density at radius 2 is 1.39 bits per heavy atom. The van der Waals surface area contributed by atoms with Crippen molar-refractivity contribution in [3.05, 3.63) is 143 Å². The van der Waals surface area contributed by atoms with Crippen molar-refractivity contribution in [2.24, 2.45) is 0 Å². The molecular formula is C28H26. The number of aryl methyl sites for hydroxylation is 1. The lowest BCUT2D eigenvalue weighted by Gasteiger charge is -2.38. The first-order valence-corrected chi connectivity index (χ1v) is 9.87. The molecular weight excluding hydrogens is 336 g/mol. The van der Waals surface area contributed by atoms with Crippen LogP contribution in [0.4, 0.5) is 0 Å². The molecule has 0 aromatic heterocycles. The van der Waals surface area contributed by atoms with Crippen LogP contribution in [0.15, 0.2) is 115 Å². The highest BCUT2D eigenvalue weighted by atomic mass is 14.4. The van der Waals surface area contributed by atoms with Crippen LogP contribution in [0, 0.1) is 6.92 Å². The standard InChI is InChI=1S/C28H26/c1-21-11-10-12-24-18-17-22(2)20-27(24)28(23(3)19-21,25-13-6-4-7-14-25)26-15-8-5-9-16-26/h4-11,13-20H,3,12H2,1-2H3/b11-10-,21-19-. The van der Waals surface area contributed by atoms with E-state index in [-0.39, 0.29) is 0 Å². The van der Waals surface area contributed by atoms with E-state index in [9.17, 15) is 0 Å². The maximum atomic E-state index is 4.63. The van der Waals surface area contributed by atoms with Crippen LogP contribution in [-0.2, 0) is 11.8 Å². The minimum absolute atomic E-state index is 0.419. The van der Waals surface area contributed by atoms with E-state index in [2.05, 4.69) is 118 Å². The number of hydrogen-bond donors (Lipinski definition) is 0. The quantitative estimate of drug-likeness (QED) is 0.463. The van der Waals surface area contributed by atoms with E-state index in [1.807, 2.05) is 0 Å². The van der Waals surface area contributed by atoms with E-state index in [0.717, 1.165) is 12.0 Å². The highest BCUT2D eigenvalue weighted by Crippen LogP contribution is 2.47. The van der Waals surface area contributed by atoms with Gasteiger partial charge in [-0.05, 0) is 48.1 Å². The molecule has 28 heavy (non-hydrogen) atoms. The van der Waals surface area contributed by atoms with Crippen molar-refractivity contribution in [1.82, 2.24) is 0 Å². The first-order chi connectivity index (χ1) is 13.6. The van der Waals surface area contributed by atoms with Gasteiger partial charge >= 0.3 is 0 Å². The zero-order valence-electron chi connectivity index (χ0n) is 16.7. The summed E-state index contributed by atoms with van der Waals surface area (Å²) in [7, 11) is 0. The van der Waals surface area contributed by atoms with Gasteiger partial charge in [-0.3, -0.25) is 0 Å². The van der Waals surface area contributed by atoms with Crippen LogP contribution in [0.2, 0.25) is 0 Å². The molecule has 0 heteroatoms. The Labute approximate surface area is 168 Å². The summed E-state index contributed by atoms with van der Waals surface area (Å²) in [6.07, 6.45) is 7.63. The number of allylic oxidation sites excluding steroid dienone is 5. The predicted octanol–water partition coefficient (Wildman–Crippen LogP) is 6.94. The van der Waals surface area contributed by atoms with Crippen molar-refractivity contribution in [2.75, 3.05) is 0 Å². The third-order valence-electron chi connectivity index (χ3n) is 5.69. The zero-order chi connectivity index (χ0) is 19.6. The average Bonchev–Trinajstić information content (AvgIpc) is 2.76. The van der Waals surface area contributed by atoms with Crippen molar-refractivity contribution < 1.29 is 0 Å². The van der Waals surface area contributed by atoms with E-state index < -0.39 is 5.41 Å². The molecule has 0 unspecified atom stereocenters. The van der Waals surface area contributed by atoms with Gasteiger partial charge in [-0.15, -0.1) is 0 Å². The molecule has 0 saturated heterocycles. The highest BCUT2D eigenvalue weighted by Gasteiger charge is 2.40. The van der Waals surface area contributed by atoms with E-state index in [1.54, 1.807) is 0 Å². The average molecular weight is 363 g/mol. The first kappa shape index (κ1) is 18.3. The summed E-state index contributed by atoms with van der Waals surface area (Å²) in [5.74, 6) is 0. The van der Waals surface area contributed by atoms with Gasteiger partial charge in [0.2, 0.25) is 0 Å². The van der Waals surface area contributed by atoms with Crippen LogP contribution in [0.25, 0.3) is 0 Å². The molecule has 0 saturated carbocycles. The Kier molecular flexibility index (Phi) is 4.88. The summed E-state index contributed by atoms with van der Waals surface area (Å²) in [5, 5.41) is 0. The summed E-state index contributed by atoms with van der Waals surface area (Å²) < 4.78 is 0. The van der Waals surface area contributed by atoms with Crippen LogP contribution in [0.1, 0.15) is 34.7 Å². The molecule has 1 aliphatic rings. The Morgan fingerprint density at radius 1 is 0.786 bits per heavy atom. The van der Waals surface area contributed by atoms with Gasteiger partial charge in [-0.25, -0.2) is 0 Å². The lowest BCUT2D eigenvalue weighted by atomic mass is 9.63. The first-order valence-electron chi connectivity index (χ1n) is 9.87. The molecule has 138 valence electrons. The fourth-order valence-corrected chi connectivity index (χ4v) is 4.42. The number of benzene rings is 3. The molecule has 0 fully saturated rings. The number of fused-ring (bicyclic) bond motifs is 1. The van der Waals surface area contributed by atoms with Crippen LogP contribution < -0.4 is 0 Å². The molecule has 0 aliphatic heterocycles. The summed E-state index contributed by atoms with van der Waals surface area (Å²) >= 11 is 0. The Balaban J connectivity index is 2.17. The van der Waals surface area contributed by atoms with Gasteiger partial charge in [0.25, 0.3) is 0 Å². The van der Waals surface area contributed by atoms with Gasteiger partial charge in [0.05, 0.1) is 5.41 Å². The Morgan fingerprint density at radius 3 is 2.00 bits per heavy atom. The van der Waals surface area contributed by atoms with Crippen LogP contribution in [-0.4, -0.2) is 0 Å². The van der Waals surface area contributed by atoms with Gasteiger partial charge in [0.15, 0.2) is 0 Å². The number of rotatable bonds is 2. The van der Waals surface area contributed by atoms with E-state index in [0.29, 0.717) is 0 Å². The summed E-state index contributed by atoms with van der Waals surface area (Å²) in [4.78, 5) is 0. The minimum Gasteiger partial charge on any atom is -0.0942 e. The van der Waals surface area contributed by atoms with Gasteiger partial charge in [-0.2, -0.15) is 0 Å². The van der Waals surface area contributed by atoms with Crippen LogP contribution >= 0.6 is 0 Å². The maximum absolute atomic E-state index is 4.63. The molecule has 0 bridgehead atoms. The second-order valence-electron chi connectivity index (χ2n) is 7.66. The van der Waals surface area contributed by atoms with Crippen LogP contribution in [0.3, 0.4) is 0 Å². The zero-order valence-corrected chi connectivity index (χ0v) is 16.7. The highest BCUT2D eigenvalue weighted by molar-refractivity contribution is 5.64. The van der Waals surface area contributed by atoms with Crippen molar-refractivity contribution in [1.29, 1.82) is 0 Å². The third-order valence-corrected chi connectivity index (χ3v) is 5.69. The van der Waals surface area contributed by atoms with Crippen LogP contribution in [0.5, 0.6) is 0 Å². The van der Waals surface area contributed by atoms with Crippen molar-refractivity contribution >= 4 is 0 Å². The normalized spacial score (nSPS) is 18.8. The SMILES string of the molecule is C=C1/C=C(C)\C=C/Cc2ccc(C)cc2C1(c1ccccc1)c1ccccc1. The second kappa shape index (κ2) is 7.48. The third kappa shape index (κ3) is 3.05. The largest absolute Gasteiger partial charge is 0.0942 e. The fraction of sp³-hybridized carbons (Fsp3) is 0.143. The Bertz CT molecular complexity index is 1010.